The third kappa shape index (κ3) is 3.52. The van der Waals surface area contributed by atoms with Crippen LogP contribution in [0.2, 0.25) is 0 Å². The number of rotatable bonds is 5. The highest BCUT2D eigenvalue weighted by atomic mass is 19.4. The summed E-state index contributed by atoms with van der Waals surface area (Å²) in [5.41, 5.74) is -0.801. The molecule has 1 aliphatic carbocycles. The van der Waals surface area contributed by atoms with Crippen molar-refractivity contribution in [1.29, 1.82) is 0 Å². The molecular weight excluding hydrogens is 365 g/mol. The first-order valence-corrected chi connectivity index (χ1v) is 7.46. The summed E-state index contributed by atoms with van der Waals surface area (Å²) in [6.07, 6.45) is -3.50. The monoisotopic (exact) mass is 377 g/mol. The van der Waals surface area contributed by atoms with Gasteiger partial charge in [-0.1, -0.05) is 11.2 Å². The molecule has 0 radical (unpaired) electrons. The lowest BCUT2D eigenvalue weighted by molar-refractivity contribution is -0.181. The van der Waals surface area contributed by atoms with Gasteiger partial charge < -0.3 is 4.52 Å². The van der Waals surface area contributed by atoms with Gasteiger partial charge >= 0.3 is 12.1 Å². The van der Waals surface area contributed by atoms with E-state index in [1.165, 1.54) is 7.11 Å². The predicted molar refractivity (Wildman–Crippen MR) is 74.9 cm³/mol. The van der Waals surface area contributed by atoms with Gasteiger partial charge in [-0.05, 0) is 18.9 Å². The first-order chi connectivity index (χ1) is 12.2. The fourth-order valence-corrected chi connectivity index (χ4v) is 2.25. The zero-order valence-corrected chi connectivity index (χ0v) is 13.3. The molecule has 2 aromatic rings. The molecule has 3 rings (SSSR count). The Morgan fingerprint density at radius 2 is 2.00 bits per heavy atom. The summed E-state index contributed by atoms with van der Waals surface area (Å²) in [6.45, 7) is -0.352. The number of carbonyl (C=O) groups is 1. The zero-order valence-electron chi connectivity index (χ0n) is 13.3. The Balaban J connectivity index is 1.86. The number of halogens is 5. The summed E-state index contributed by atoms with van der Waals surface area (Å²) in [6, 6.07) is 2.12. The summed E-state index contributed by atoms with van der Waals surface area (Å²) in [7, 11) is 1.22. The van der Waals surface area contributed by atoms with Crippen molar-refractivity contribution in [3.63, 3.8) is 0 Å². The standard InChI is InChI=1S/C15H12F5N3O3/c1-25-23(13(24)7-2-3-7)6-8-4-5-9(11(17)10(8)16)12-21-14(26-22-12)15(18,19)20/h4-5,7H,2-3,6H2,1H3. The predicted octanol–water partition coefficient (Wildman–Crippen LogP) is 3.33. The van der Waals surface area contributed by atoms with E-state index in [9.17, 15) is 26.7 Å². The molecule has 0 aliphatic heterocycles. The molecule has 1 saturated carbocycles. The fraction of sp³-hybridized carbons (Fsp3) is 0.400. The Labute approximate surface area is 143 Å². The average Bonchev–Trinajstić information content (AvgIpc) is 3.31. The number of benzene rings is 1. The Morgan fingerprint density at radius 1 is 1.31 bits per heavy atom. The second kappa shape index (κ2) is 6.63. The third-order valence-corrected chi connectivity index (χ3v) is 3.78. The van der Waals surface area contributed by atoms with E-state index in [0.717, 1.165) is 17.2 Å². The minimum absolute atomic E-state index is 0.192. The Bertz CT molecular complexity index is 832. The van der Waals surface area contributed by atoms with Crippen LogP contribution in [-0.2, 0) is 22.4 Å². The van der Waals surface area contributed by atoms with Crippen LogP contribution in [0.5, 0.6) is 0 Å². The van der Waals surface area contributed by atoms with Crippen LogP contribution in [0.4, 0.5) is 22.0 Å². The van der Waals surface area contributed by atoms with Gasteiger partial charge in [-0.3, -0.25) is 9.63 Å². The van der Waals surface area contributed by atoms with Crippen LogP contribution in [0.25, 0.3) is 11.4 Å². The maximum Gasteiger partial charge on any atom is 0.471 e. The fourth-order valence-electron chi connectivity index (χ4n) is 2.25. The van der Waals surface area contributed by atoms with Crippen molar-refractivity contribution in [2.24, 2.45) is 5.92 Å². The van der Waals surface area contributed by atoms with Gasteiger partial charge in [0.15, 0.2) is 11.6 Å². The van der Waals surface area contributed by atoms with Gasteiger partial charge in [-0.2, -0.15) is 18.2 Å². The molecule has 1 amide bonds. The number of alkyl halides is 3. The second-order valence-corrected chi connectivity index (χ2v) is 5.65. The van der Waals surface area contributed by atoms with Crippen LogP contribution in [0.15, 0.2) is 16.7 Å². The average molecular weight is 377 g/mol. The van der Waals surface area contributed by atoms with E-state index in [2.05, 4.69) is 14.7 Å². The van der Waals surface area contributed by atoms with Crippen LogP contribution in [0, 0.1) is 17.6 Å². The molecule has 0 saturated heterocycles. The molecule has 0 bridgehead atoms. The summed E-state index contributed by atoms with van der Waals surface area (Å²) in [4.78, 5) is 19.9. The van der Waals surface area contributed by atoms with Gasteiger partial charge in [0.1, 0.15) is 0 Å². The molecular formula is C15H12F5N3O3. The molecule has 26 heavy (non-hydrogen) atoms. The molecule has 0 atom stereocenters. The Kier molecular flexibility index (Phi) is 4.65. The smallest absolute Gasteiger partial charge is 0.329 e. The molecule has 1 aliphatic rings. The SMILES string of the molecule is CON(Cc1ccc(-c2noc(C(F)(F)F)n2)c(F)c1F)C(=O)C1CC1. The quantitative estimate of drug-likeness (QED) is 0.591. The van der Waals surface area contributed by atoms with Crippen molar-refractivity contribution in [3.05, 3.63) is 35.2 Å². The summed E-state index contributed by atoms with van der Waals surface area (Å²) < 4.78 is 70.0. The van der Waals surface area contributed by atoms with Crippen molar-refractivity contribution in [2.75, 3.05) is 7.11 Å². The Hall–Kier alpha value is -2.56. The van der Waals surface area contributed by atoms with E-state index in [-0.39, 0.29) is 23.9 Å². The number of aromatic nitrogens is 2. The molecule has 11 heteroatoms. The first kappa shape index (κ1) is 18.2. The second-order valence-electron chi connectivity index (χ2n) is 5.65. The number of hydrogen-bond donors (Lipinski definition) is 0. The molecule has 0 N–H and O–H groups in total. The zero-order chi connectivity index (χ0) is 19.1. The first-order valence-electron chi connectivity index (χ1n) is 7.46. The number of hydrogen-bond acceptors (Lipinski definition) is 5. The summed E-state index contributed by atoms with van der Waals surface area (Å²) >= 11 is 0. The lowest BCUT2D eigenvalue weighted by Gasteiger charge is -2.20. The lowest BCUT2D eigenvalue weighted by Crippen LogP contribution is -2.31. The maximum absolute atomic E-state index is 14.3. The van der Waals surface area contributed by atoms with E-state index in [1.807, 2.05) is 0 Å². The molecule has 6 nitrogen and oxygen atoms in total. The largest absolute Gasteiger partial charge is 0.471 e. The maximum atomic E-state index is 14.3. The van der Waals surface area contributed by atoms with E-state index >= 15 is 0 Å². The topological polar surface area (TPSA) is 68.5 Å². The van der Waals surface area contributed by atoms with E-state index in [1.54, 1.807) is 0 Å². The summed E-state index contributed by atoms with van der Waals surface area (Å²) in [5.74, 6) is -5.74. The van der Waals surface area contributed by atoms with Gasteiger partial charge in [0.05, 0.1) is 19.2 Å². The highest BCUT2D eigenvalue weighted by Gasteiger charge is 2.39. The van der Waals surface area contributed by atoms with Gasteiger partial charge in [-0.25, -0.2) is 13.8 Å². The molecule has 1 aromatic carbocycles. The molecule has 1 fully saturated rings. The van der Waals surface area contributed by atoms with E-state index in [4.69, 9.17) is 4.84 Å². The van der Waals surface area contributed by atoms with Gasteiger partial charge in [0.25, 0.3) is 0 Å². The van der Waals surface area contributed by atoms with Crippen LogP contribution in [0.3, 0.4) is 0 Å². The highest BCUT2D eigenvalue weighted by molar-refractivity contribution is 5.80. The van der Waals surface area contributed by atoms with Crippen molar-refractivity contribution >= 4 is 5.91 Å². The van der Waals surface area contributed by atoms with Crippen molar-refractivity contribution < 1.29 is 36.1 Å². The third-order valence-electron chi connectivity index (χ3n) is 3.78. The van der Waals surface area contributed by atoms with E-state index < -0.39 is 35.1 Å². The van der Waals surface area contributed by atoms with Crippen LogP contribution in [-0.4, -0.2) is 28.2 Å². The lowest BCUT2D eigenvalue weighted by atomic mass is 10.1. The molecule has 0 unspecified atom stereocenters. The number of amides is 1. The molecule has 1 aromatic heterocycles. The normalized spacial score (nSPS) is 14.5. The van der Waals surface area contributed by atoms with Crippen molar-refractivity contribution in [1.82, 2.24) is 15.2 Å². The van der Waals surface area contributed by atoms with Crippen molar-refractivity contribution in [3.8, 4) is 11.4 Å². The number of carbonyl (C=O) groups excluding carboxylic acids is 1. The minimum Gasteiger partial charge on any atom is -0.329 e. The number of nitrogens with zero attached hydrogens (tertiary/aromatic N) is 3. The minimum atomic E-state index is -4.90. The summed E-state index contributed by atoms with van der Waals surface area (Å²) in [5, 5.41) is 3.93. The van der Waals surface area contributed by atoms with Crippen LogP contribution < -0.4 is 0 Å². The highest BCUT2D eigenvalue weighted by Crippen LogP contribution is 2.33. The molecule has 0 spiro atoms. The van der Waals surface area contributed by atoms with Crippen LogP contribution >= 0.6 is 0 Å². The van der Waals surface area contributed by atoms with Gasteiger partial charge in [0, 0.05) is 11.5 Å². The van der Waals surface area contributed by atoms with Crippen molar-refractivity contribution in [2.45, 2.75) is 25.6 Å². The van der Waals surface area contributed by atoms with Gasteiger partial charge in [0.2, 0.25) is 11.7 Å². The van der Waals surface area contributed by atoms with E-state index in [0.29, 0.717) is 12.8 Å². The molecule has 1 heterocycles. The Morgan fingerprint density at radius 3 is 2.54 bits per heavy atom. The molecule has 140 valence electrons. The van der Waals surface area contributed by atoms with Gasteiger partial charge in [-0.15, -0.1) is 0 Å². The van der Waals surface area contributed by atoms with Crippen LogP contribution in [0.1, 0.15) is 24.3 Å². The number of hydroxylamine groups is 2.